The number of carbonyl (C=O) groups excluding carboxylic acids is 1. The molecular weight excluding hydrogens is 230 g/mol. The monoisotopic (exact) mass is 241 g/mol. The number of phenolic OH excluding ortho intramolecular Hbond substituents is 1. The molecule has 2 heterocycles. The lowest BCUT2D eigenvalue weighted by atomic mass is 10.2. The highest BCUT2D eigenvalue weighted by Gasteiger charge is 2.10. The minimum atomic E-state index is 0.220. The fraction of sp³-hybridized carbons (Fsp3) is 0.0769. The lowest BCUT2D eigenvalue weighted by molar-refractivity contribution is 0.111. The number of carbonyl (C=O) groups is 1. The largest absolute Gasteiger partial charge is 0.508 e. The van der Waals surface area contributed by atoms with Gasteiger partial charge in [0.15, 0.2) is 12.1 Å². The summed E-state index contributed by atoms with van der Waals surface area (Å²) in [5.41, 5.74) is 2.84. The number of benzene rings is 1. The molecule has 5 heteroatoms. The standard InChI is InChI=1S/C13H11N3O2/c1-7-12(6-17)16-13(14-7)11-5-8-4-9(18)2-3-10(8)15-11/h2-6,15,18H,1H3,(H,14,16). The summed E-state index contributed by atoms with van der Waals surface area (Å²) in [6.45, 7) is 1.80. The molecule has 90 valence electrons. The van der Waals surface area contributed by atoms with Crippen molar-refractivity contribution in [3.63, 3.8) is 0 Å². The highest BCUT2D eigenvalue weighted by molar-refractivity contribution is 5.86. The number of imidazole rings is 1. The molecule has 0 aliphatic rings. The molecule has 0 amide bonds. The average Bonchev–Trinajstić information content (AvgIpc) is 2.91. The second-order valence-corrected chi connectivity index (χ2v) is 4.17. The second-order valence-electron chi connectivity index (χ2n) is 4.17. The third-order valence-corrected chi connectivity index (χ3v) is 2.89. The van der Waals surface area contributed by atoms with Crippen molar-refractivity contribution in [3.8, 4) is 17.3 Å². The Morgan fingerprint density at radius 2 is 2.11 bits per heavy atom. The predicted molar refractivity (Wildman–Crippen MR) is 67.7 cm³/mol. The van der Waals surface area contributed by atoms with Crippen molar-refractivity contribution in [2.24, 2.45) is 0 Å². The van der Waals surface area contributed by atoms with E-state index in [0.717, 1.165) is 28.6 Å². The van der Waals surface area contributed by atoms with Crippen molar-refractivity contribution in [3.05, 3.63) is 35.7 Å². The van der Waals surface area contributed by atoms with Gasteiger partial charge in [0, 0.05) is 16.6 Å². The number of aromatic hydroxyl groups is 1. The molecule has 0 atom stereocenters. The molecule has 0 aliphatic heterocycles. The Bertz CT molecular complexity index is 740. The highest BCUT2D eigenvalue weighted by Crippen LogP contribution is 2.25. The average molecular weight is 241 g/mol. The van der Waals surface area contributed by atoms with Crippen LogP contribution >= 0.6 is 0 Å². The number of aromatic nitrogens is 3. The molecule has 3 aromatic rings. The first-order chi connectivity index (χ1) is 8.67. The van der Waals surface area contributed by atoms with Crippen LogP contribution in [0.1, 0.15) is 16.2 Å². The Hall–Kier alpha value is -2.56. The lowest BCUT2D eigenvalue weighted by Crippen LogP contribution is -1.82. The number of rotatable bonds is 2. The van der Waals surface area contributed by atoms with E-state index < -0.39 is 0 Å². The summed E-state index contributed by atoms with van der Waals surface area (Å²) in [6, 6.07) is 6.96. The van der Waals surface area contributed by atoms with E-state index in [1.54, 1.807) is 25.1 Å². The maximum Gasteiger partial charge on any atom is 0.170 e. The number of aromatic amines is 2. The van der Waals surface area contributed by atoms with Crippen LogP contribution < -0.4 is 0 Å². The number of hydrogen-bond donors (Lipinski definition) is 3. The summed E-state index contributed by atoms with van der Waals surface area (Å²) < 4.78 is 0. The molecule has 0 spiro atoms. The first-order valence-electron chi connectivity index (χ1n) is 5.51. The number of aryl methyl sites for hydroxylation is 1. The van der Waals surface area contributed by atoms with Crippen LogP contribution in [0.5, 0.6) is 5.75 Å². The maximum atomic E-state index is 10.8. The molecule has 3 rings (SSSR count). The molecule has 18 heavy (non-hydrogen) atoms. The third kappa shape index (κ3) is 1.57. The van der Waals surface area contributed by atoms with Gasteiger partial charge in [-0.1, -0.05) is 0 Å². The van der Waals surface area contributed by atoms with Gasteiger partial charge >= 0.3 is 0 Å². The maximum absolute atomic E-state index is 10.8. The normalized spacial score (nSPS) is 10.9. The van der Waals surface area contributed by atoms with Crippen molar-refractivity contribution in [2.75, 3.05) is 0 Å². The van der Waals surface area contributed by atoms with Crippen LogP contribution in [0.25, 0.3) is 22.4 Å². The van der Waals surface area contributed by atoms with Crippen molar-refractivity contribution < 1.29 is 9.90 Å². The molecule has 0 radical (unpaired) electrons. The summed E-state index contributed by atoms with van der Waals surface area (Å²) in [5.74, 6) is 0.836. The van der Waals surface area contributed by atoms with E-state index in [-0.39, 0.29) is 5.75 Å². The van der Waals surface area contributed by atoms with E-state index in [1.165, 1.54) is 0 Å². The molecule has 0 saturated carbocycles. The van der Waals surface area contributed by atoms with Crippen LogP contribution in [0.4, 0.5) is 0 Å². The van der Waals surface area contributed by atoms with Gasteiger partial charge in [-0.3, -0.25) is 4.79 Å². The molecule has 0 fully saturated rings. The SMILES string of the molecule is Cc1[nH]c(-c2cc3cc(O)ccc3[nH]2)nc1C=O. The quantitative estimate of drug-likeness (QED) is 0.602. The third-order valence-electron chi connectivity index (χ3n) is 2.89. The molecule has 3 N–H and O–H groups in total. The minimum absolute atomic E-state index is 0.220. The van der Waals surface area contributed by atoms with E-state index in [0.29, 0.717) is 11.5 Å². The molecule has 1 aromatic carbocycles. The van der Waals surface area contributed by atoms with Crippen molar-refractivity contribution in [1.29, 1.82) is 0 Å². The summed E-state index contributed by atoms with van der Waals surface area (Å²) in [5, 5.41) is 10.3. The molecule has 0 aliphatic carbocycles. The Morgan fingerprint density at radius 3 is 2.83 bits per heavy atom. The molecule has 2 aromatic heterocycles. The van der Waals surface area contributed by atoms with E-state index in [4.69, 9.17) is 0 Å². The van der Waals surface area contributed by atoms with E-state index in [2.05, 4.69) is 15.0 Å². The van der Waals surface area contributed by atoms with Gasteiger partial charge in [0.2, 0.25) is 0 Å². The molecule has 0 unspecified atom stereocenters. The highest BCUT2D eigenvalue weighted by atomic mass is 16.3. The fourth-order valence-electron chi connectivity index (χ4n) is 1.96. The molecule has 5 nitrogen and oxygen atoms in total. The number of nitrogens with zero attached hydrogens (tertiary/aromatic N) is 1. The number of H-pyrrole nitrogens is 2. The zero-order valence-electron chi connectivity index (χ0n) is 9.69. The van der Waals surface area contributed by atoms with Crippen molar-refractivity contribution >= 4 is 17.2 Å². The van der Waals surface area contributed by atoms with Crippen LogP contribution in [0.3, 0.4) is 0 Å². The van der Waals surface area contributed by atoms with Gasteiger partial charge in [-0.05, 0) is 31.2 Å². The number of phenols is 1. The minimum Gasteiger partial charge on any atom is -0.508 e. The summed E-state index contributed by atoms with van der Waals surface area (Å²) in [6.07, 6.45) is 0.726. The van der Waals surface area contributed by atoms with Gasteiger partial charge < -0.3 is 15.1 Å². The smallest absolute Gasteiger partial charge is 0.170 e. The predicted octanol–water partition coefficient (Wildman–Crippen LogP) is 2.38. The number of aldehydes is 1. The number of fused-ring (bicyclic) bond motifs is 1. The van der Waals surface area contributed by atoms with Crippen molar-refractivity contribution in [1.82, 2.24) is 15.0 Å². The van der Waals surface area contributed by atoms with Gasteiger partial charge in [-0.15, -0.1) is 0 Å². The second kappa shape index (κ2) is 3.73. The Kier molecular flexibility index (Phi) is 2.19. The van der Waals surface area contributed by atoms with E-state index in [1.807, 2.05) is 6.07 Å². The number of nitrogens with one attached hydrogen (secondary N) is 2. The van der Waals surface area contributed by atoms with Crippen LogP contribution in [-0.2, 0) is 0 Å². The number of hydrogen-bond acceptors (Lipinski definition) is 3. The topological polar surface area (TPSA) is 81.8 Å². The van der Waals surface area contributed by atoms with Gasteiger partial charge in [0.1, 0.15) is 11.4 Å². The van der Waals surface area contributed by atoms with E-state index >= 15 is 0 Å². The van der Waals surface area contributed by atoms with Crippen molar-refractivity contribution in [2.45, 2.75) is 6.92 Å². The summed E-state index contributed by atoms with van der Waals surface area (Å²) in [4.78, 5) is 21.2. The first-order valence-corrected chi connectivity index (χ1v) is 5.51. The zero-order valence-corrected chi connectivity index (χ0v) is 9.69. The van der Waals surface area contributed by atoms with Crippen LogP contribution in [0.15, 0.2) is 24.3 Å². The van der Waals surface area contributed by atoms with Gasteiger partial charge in [0.05, 0.1) is 5.69 Å². The van der Waals surface area contributed by atoms with Gasteiger partial charge in [0.25, 0.3) is 0 Å². The van der Waals surface area contributed by atoms with Gasteiger partial charge in [-0.2, -0.15) is 0 Å². The van der Waals surface area contributed by atoms with E-state index in [9.17, 15) is 9.90 Å². The summed E-state index contributed by atoms with van der Waals surface area (Å²) >= 11 is 0. The van der Waals surface area contributed by atoms with Crippen LogP contribution in [-0.4, -0.2) is 26.3 Å². The molecular formula is C13H11N3O2. The zero-order chi connectivity index (χ0) is 12.7. The fourth-order valence-corrected chi connectivity index (χ4v) is 1.96. The Labute approximate surface area is 102 Å². The molecule has 0 saturated heterocycles. The lowest BCUT2D eigenvalue weighted by Gasteiger charge is -1.90. The van der Waals surface area contributed by atoms with Crippen LogP contribution in [0.2, 0.25) is 0 Å². The first kappa shape index (κ1) is 10.6. The van der Waals surface area contributed by atoms with Gasteiger partial charge in [-0.25, -0.2) is 4.98 Å². The van der Waals surface area contributed by atoms with Crippen LogP contribution in [0, 0.1) is 6.92 Å². The Morgan fingerprint density at radius 1 is 1.28 bits per heavy atom. The summed E-state index contributed by atoms with van der Waals surface area (Å²) in [7, 11) is 0. The Balaban J connectivity index is 2.15. The molecule has 0 bridgehead atoms.